The lowest BCUT2D eigenvalue weighted by Gasteiger charge is -2.16. The van der Waals surface area contributed by atoms with Gasteiger partial charge in [0.15, 0.2) is 4.77 Å². The summed E-state index contributed by atoms with van der Waals surface area (Å²) >= 11 is 5.24. The number of aromatic hydroxyl groups is 1. The highest BCUT2D eigenvalue weighted by Gasteiger charge is 2.16. The highest BCUT2D eigenvalue weighted by atomic mass is 32.1. The maximum atomic E-state index is 12.3. The first kappa shape index (κ1) is 18.2. The van der Waals surface area contributed by atoms with Gasteiger partial charge in [-0.05, 0) is 37.2 Å². The quantitative estimate of drug-likeness (QED) is 0.635. The van der Waals surface area contributed by atoms with Gasteiger partial charge < -0.3 is 9.84 Å². The Hall–Kier alpha value is -2.61. The van der Waals surface area contributed by atoms with Crippen molar-refractivity contribution in [3.05, 3.63) is 45.0 Å². The molecule has 0 saturated carbocycles. The molecular formula is C18H22N4O3S. The number of aromatic nitrogens is 2. The third-order valence-electron chi connectivity index (χ3n) is 4.38. The maximum absolute atomic E-state index is 12.3. The molecule has 1 saturated heterocycles. The smallest absolute Gasteiger partial charge is 0.264 e. The lowest BCUT2D eigenvalue weighted by atomic mass is 10.2. The van der Waals surface area contributed by atoms with Crippen molar-refractivity contribution in [1.82, 2.24) is 14.6 Å². The number of hydrogen-bond acceptors (Lipinski definition) is 6. The van der Waals surface area contributed by atoms with Crippen molar-refractivity contribution in [3.63, 3.8) is 0 Å². The zero-order valence-corrected chi connectivity index (χ0v) is 15.5. The van der Waals surface area contributed by atoms with E-state index in [1.54, 1.807) is 18.2 Å². The van der Waals surface area contributed by atoms with Gasteiger partial charge in [-0.1, -0.05) is 25.0 Å². The first-order chi connectivity index (χ1) is 12.6. The standard InChI is InChI=1S/C18H22N4O3S/c1-25-15-9-5-4-8-14(15)22-17(24)13(16(23)20-18(22)26)12-19-21-10-6-2-3-7-11-21/h4-5,8-9,12,24H,2-3,6-7,10-11H2,1H3,(H,20,23,26). The largest absolute Gasteiger partial charge is 0.495 e. The van der Waals surface area contributed by atoms with Crippen LogP contribution in [0.3, 0.4) is 0 Å². The number of nitrogens with zero attached hydrogens (tertiary/aromatic N) is 3. The minimum Gasteiger partial charge on any atom is -0.495 e. The molecule has 0 radical (unpaired) electrons. The van der Waals surface area contributed by atoms with Crippen molar-refractivity contribution in [2.75, 3.05) is 20.2 Å². The summed E-state index contributed by atoms with van der Waals surface area (Å²) < 4.78 is 6.80. The number of benzene rings is 1. The Morgan fingerprint density at radius 3 is 2.62 bits per heavy atom. The van der Waals surface area contributed by atoms with Crippen LogP contribution in [-0.2, 0) is 0 Å². The highest BCUT2D eigenvalue weighted by molar-refractivity contribution is 7.71. The number of nitrogens with one attached hydrogen (secondary N) is 1. The molecule has 2 heterocycles. The second kappa shape index (κ2) is 8.18. The molecule has 0 unspecified atom stereocenters. The number of methoxy groups -OCH3 is 1. The molecule has 138 valence electrons. The number of ether oxygens (including phenoxy) is 1. The summed E-state index contributed by atoms with van der Waals surface area (Å²) in [6.07, 6.45) is 5.94. The van der Waals surface area contributed by atoms with Crippen LogP contribution in [0.2, 0.25) is 0 Å². The Bertz CT molecular complexity index is 911. The molecule has 2 aromatic rings. The fraction of sp³-hybridized carbons (Fsp3) is 0.389. The monoisotopic (exact) mass is 374 g/mol. The zero-order chi connectivity index (χ0) is 18.5. The van der Waals surface area contributed by atoms with Gasteiger partial charge in [-0.25, -0.2) is 0 Å². The van der Waals surface area contributed by atoms with Crippen molar-refractivity contribution >= 4 is 18.4 Å². The van der Waals surface area contributed by atoms with E-state index in [-0.39, 0.29) is 16.2 Å². The van der Waals surface area contributed by atoms with E-state index in [0.29, 0.717) is 11.4 Å². The molecule has 0 atom stereocenters. The number of aromatic amines is 1. The van der Waals surface area contributed by atoms with Gasteiger partial charge in [0.2, 0.25) is 5.88 Å². The average molecular weight is 374 g/mol. The van der Waals surface area contributed by atoms with Crippen molar-refractivity contribution in [2.24, 2.45) is 5.10 Å². The Balaban J connectivity index is 2.04. The minimum atomic E-state index is -0.475. The molecule has 2 N–H and O–H groups in total. The first-order valence-electron chi connectivity index (χ1n) is 8.62. The number of hydrogen-bond donors (Lipinski definition) is 2. The molecule has 8 heteroatoms. The van der Waals surface area contributed by atoms with Crippen molar-refractivity contribution in [3.8, 4) is 17.3 Å². The second-order valence-corrected chi connectivity index (χ2v) is 6.50. The van der Waals surface area contributed by atoms with Gasteiger partial charge in [-0.3, -0.25) is 19.4 Å². The molecule has 1 aliphatic heterocycles. The van der Waals surface area contributed by atoms with E-state index in [4.69, 9.17) is 17.0 Å². The van der Waals surface area contributed by atoms with Gasteiger partial charge in [-0.15, -0.1) is 0 Å². The number of rotatable bonds is 4. The topological polar surface area (TPSA) is 82.8 Å². The van der Waals surface area contributed by atoms with E-state index in [2.05, 4.69) is 10.1 Å². The van der Waals surface area contributed by atoms with Crippen molar-refractivity contribution < 1.29 is 9.84 Å². The van der Waals surface area contributed by atoms with E-state index in [9.17, 15) is 9.90 Å². The number of H-pyrrole nitrogens is 1. The molecule has 26 heavy (non-hydrogen) atoms. The molecule has 1 fully saturated rings. The summed E-state index contributed by atoms with van der Waals surface area (Å²) in [5.74, 6) is 0.267. The molecule has 3 rings (SSSR count). The van der Waals surface area contributed by atoms with Gasteiger partial charge in [-0.2, -0.15) is 5.10 Å². The normalized spacial score (nSPS) is 15.2. The lowest BCUT2D eigenvalue weighted by Crippen LogP contribution is -2.21. The number of hydrazone groups is 1. The Labute approximate surface area is 156 Å². The van der Waals surface area contributed by atoms with Crippen LogP contribution in [0.4, 0.5) is 0 Å². The molecule has 0 bridgehead atoms. The summed E-state index contributed by atoms with van der Waals surface area (Å²) in [5, 5.41) is 17.0. The van der Waals surface area contributed by atoms with E-state index < -0.39 is 5.56 Å². The van der Waals surface area contributed by atoms with Gasteiger partial charge in [0.25, 0.3) is 5.56 Å². The Morgan fingerprint density at radius 1 is 1.23 bits per heavy atom. The van der Waals surface area contributed by atoms with Crippen LogP contribution in [0.5, 0.6) is 11.6 Å². The molecule has 0 spiro atoms. The highest BCUT2D eigenvalue weighted by Crippen LogP contribution is 2.26. The van der Waals surface area contributed by atoms with Gasteiger partial charge in [0, 0.05) is 13.1 Å². The van der Waals surface area contributed by atoms with Crippen molar-refractivity contribution in [1.29, 1.82) is 0 Å². The van der Waals surface area contributed by atoms with E-state index in [1.807, 2.05) is 11.1 Å². The molecule has 1 aliphatic rings. The van der Waals surface area contributed by atoms with Crippen LogP contribution in [0, 0.1) is 4.77 Å². The zero-order valence-electron chi connectivity index (χ0n) is 14.6. The van der Waals surface area contributed by atoms with Crippen LogP contribution in [0.15, 0.2) is 34.2 Å². The maximum Gasteiger partial charge on any atom is 0.264 e. The summed E-state index contributed by atoms with van der Waals surface area (Å²) in [4.78, 5) is 14.9. The molecule has 1 aromatic carbocycles. The van der Waals surface area contributed by atoms with Crippen LogP contribution in [-0.4, -0.2) is 46.1 Å². The summed E-state index contributed by atoms with van der Waals surface area (Å²) in [6.45, 7) is 1.70. The fourth-order valence-electron chi connectivity index (χ4n) is 3.00. The lowest BCUT2D eigenvalue weighted by molar-refractivity contribution is 0.302. The molecule has 1 aromatic heterocycles. The third kappa shape index (κ3) is 3.80. The van der Waals surface area contributed by atoms with Crippen LogP contribution < -0.4 is 10.3 Å². The van der Waals surface area contributed by atoms with E-state index in [0.717, 1.165) is 25.9 Å². The van der Waals surface area contributed by atoms with Crippen molar-refractivity contribution in [2.45, 2.75) is 25.7 Å². The predicted molar refractivity (Wildman–Crippen MR) is 103 cm³/mol. The summed E-state index contributed by atoms with van der Waals surface area (Å²) in [6, 6.07) is 7.13. The first-order valence-corrected chi connectivity index (χ1v) is 9.03. The molecular weight excluding hydrogens is 352 g/mol. The fourth-order valence-corrected chi connectivity index (χ4v) is 3.28. The van der Waals surface area contributed by atoms with Crippen LogP contribution in [0.25, 0.3) is 5.69 Å². The molecule has 0 amide bonds. The number of para-hydroxylation sites is 2. The van der Waals surface area contributed by atoms with Crippen LogP contribution >= 0.6 is 12.2 Å². The summed E-state index contributed by atoms with van der Waals surface area (Å²) in [5.41, 5.74) is 0.129. The van der Waals surface area contributed by atoms with Gasteiger partial charge >= 0.3 is 0 Å². The van der Waals surface area contributed by atoms with E-state index in [1.165, 1.54) is 30.7 Å². The van der Waals surface area contributed by atoms with Gasteiger partial charge in [0.05, 0.1) is 19.0 Å². The third-order valence-corrected chi connectivity index (χ3v) is 4.66. The molecule has 0 aliphatic carbocycles. The SMILES string of the molecule is COc1ccccc1-n1c(O)c(C=NN2CCCCCC2)c(=O)[nH]c1=S. The summed E-state index contributed by atoms with van der Waals surface area (Å²) in [7, 11) is 1.53. The second-order valence-electron chi connectivity index (χ2n) is 6.12. The Kier molecular flexibility index (Phi) is 5.72. The Morgan fingerprint density at radius 2 is 1.92 bits per heavy atom. The van der Waals surface area contributed by atoms with Gasteiger partial charge in [0.1, 0.15) is 11.3 Å². The predicted octanol–water partition coefficient (Wildman–Crippen LogP) is 2.82. The van der Waals surface area contributed by atoms with Crippen LogP contribution in [0.1, 0.15) is 31.2 Å². The minimum absolute atomic E-state index is 0.0637. The van der Waals surface area contributed by atoms with E-state index >= 15 is 0 Å². The molecule has 7 nitrogen and oxygen atoms in total. The average Bonchev–Trinajstić information content (AvgIpc) is 2.90.